The molecule has 2 fully saturated rings. The normalized spacial score (nSPS) is 24.1. The first-order chi connectivity index (χ1) is 13.5. The molecule has 0 unspecified atom stereocenters. The number of amides is 1. The summed E-state index contributed by atoms with van der Waals surface area (Å²) in [7, 11) is 2.21. The molecule has 1 saturated heterocycles. The van der Waals surface area contributed by atoms with Crippen molar-refractivity contribution in [3.8, 4) is 11.5 Å². The lowest BCUT2D eigenvalue weighted by molar-refractivity contribution is -0.124. The van der Waals surface area contributed by atoms with Crippen LogP contribution in [-0.4, -0.2) is 30.4 Å². The predicted molar refractivity (Wildman–Crippen MR) is 112 cm³/mol. The molecule has 4 heteroatoms. The Kier molecular flexibility index (Phi) is 5.40. The summed E-state index contributed by atoms with van der Waals surface area (Å²) >= 11 is 0. The number of carbonyl (C=O) groups excluding carboxylic acids is 1. The maximum atomic E-state index is 11.6. The van der Waals surface area contributed by atoms with E-state index < -0.39 is 0 Å². The average Bonchev–Trinajstić information content (AvgIpc) is 3.10. The van der Waals surface area contributed by atoms with Crippen LogP contribution in [0.25, 0.3) is 0 Å². The summed E-state index contributed by atoms with van der Waals surface area (Å²) < 4.78 is 6.00. The summed E-state index contributed by atoms with van der Waals surface area (Å²) in [6.07, 6.45) is 3.04. The smallest absolute Gasteiger partial charge is 0.220 e. The van der Waals surface area contributed by atoms with Crippen molar-refractivity contribution < 1.29 is 9.53 Å². The van der Waals surface area contributed by atoms with Gasteiger partial charge in [0.15, 0.2) is 0 Å². The molecule has 2 aromatic rings. The molecule has 0 aromatic heterocycles. The topological polar surface area (TPSA) is 41.6 Å². The maximum absolute atomic E-state index is 11.6. The van der Waals surface area contributed by atoms with Crippen molar-refractivity contribution in [3.05, 3.63) is 59.2 Å². The number of ether oxygens (including phenoxy) is 1. The van der Waals surface area contributed by atoms with Gasteiger partial charge in [0.25, 0.3) is 0 Å². The van der Waals surface area contributed by atoms with Crippen molar-refractivity contribution in [2.75, 3.05) is 13.6 Å². The second kappa shape index (κ2) is 7.96. The van der Waals surface area contributed by atoms with Crippen molar-refractivity contribution in [2.24, 2.45) is 11.8 Å². The minimum atomic E-state index is 0.226. The van der Waals surface area contributed by atoms with Gasteiger partial charge in [0.1, 0.15) is 11.5 Å². The van der Waals surface area contributed by atoms with E-state index in [2.05, 4.69) is 67.5 Å². The molecule has 1 N–H and O–H groups in total. The summed E-state index contributed by atoms with van der Waals surface area (Å²) in [5, 5.41) is 3.02. The highest BCUT2D eigenvalue weighted by molar-refractivity contribution is 5.77. The van der Waals surface area contributed by atoms with Crippen LogP contribution in [-0.2, 0) is 11.3 Å². The largest absolute Gasteiger partial charge is 0.457 e. The maximum Gasteiger partial charge on any atom is 0.220 e. The van der Waals surface area contributed by atoms with E-state index in [4.69, 9.17) is 4.74 Å². The lowest BCUT2D eigenvalue weighted by Gasteiger charge is -2.24. The van der Waals surface area contributed by atoms with Crippen molar-refractivity contribution in [1.82, 2.24) is 10.2 Å². The van der Waals surface area contributed by atoms with Gasteiger partial charge < -0.3 is 10.1 Å². The number of piperidine rings is 1. The van der Waals surface area contributed by atoms with Crippen LogP contribution in [0.2, 0.25) is 0 Å². The third-order valence-electron chi connectivity index (χ3n) is 6.52. The molecule has 2 aromatic carbocycles. The molecule has 1 saturated carbocycles. The lowest BCUT2D eigenvalue weighted by atomic mass is 9.89. The van der Waals surface area contributed by atoms with Gasteiger partial charge in [-0.1, -0.05) is 18.2 Å². The van der Waals surface area contributed by atoms with E-state index in [-0.39, 0.29) is 5.91 Å². The Bertz CT molecular complexity index is 846. The van der Waals surface area contributed by atoms with Gasteiger partial charge in [0, 0.05) is 25.6 Å². The fraction of sp³-hybridized carbons (Fsp3) is 0.458. The fourth-order valence-corrected chi connectivity index (χ4v) is 4.59. The molecule has 1 amide bonds. The Balaban J connectivity index is 1.34. The van der Waals surface area contributed by atoms with E-state index >= 15 is 0 Å². The Labute approximate surface area is 167 Å². The Morgan fingerprint density at radius 2 is 1.71 bits per heavy atom. The van der Waals surface area contributed by atoms with Crippen LogP contribution in [0.5, 0.6) is 11.5 Å². The number of hydrogen-bond donors (Lipinski definition) is 1. The van der Waals surface area contributed by atoms with Crippen molar-refractivity contribution in [3.63, 3.8) is 0 Å². The Morgan fingerprint density at radius 1 is 1.00 bits per heavy atom. The Morgan fingerprint density at radius 3 is 2.46 bits per heavy atom. The number of aryl methyl sites for hydroxylation is 2. The molecule has 148 valence electrons. The van der Waals surface area contributed by atoms with Crippen LogP contribution in [0.1, 0.15) is 36.0 Å². The Hall–Kier alpha value is -2.33. The second-order valence-corrected chi connectivity index (χ2v) is 8.56. The van der Waals surface area contributed by atoms with Crippen LogP contribution in [0.3, 0.4) is 0 Å². The summed E-state index contributed by atoms with van der Waals surface area (Å²) in [4.78, 5) is 14.1. The van der Waals surface area contributed by atoms with Crippen LogP contribution in [0, 0.1) is 25.7 Å². The highest BCUT2D eigenvalue weighted by atomic mass is 16.5. The van der Waals surface area contributed by atoms with Gasteiger partial charge in [-0.25, -0.2) is 0 Å². The first kappa shape index (κ1) is 19.0. The monoisotopic (exact) mass is 378 g/mol. The van der Waals surface area contributed by atoms with E-state index in [0.29, 0.717) is 24.3 Å². The molecule has 1 heterocycles. The van der Waals surface area contributed by atoms with E-state index in [1.807, 2.05) is 6.07 Å². The highest BCUT2D eigenvalue weighted by Gasteiger charge is 2.39. The highest BCUT2D eigenvalue weighted by Crippen LogP contribution is 2.38. The number of hydrogen-bond acceptors (Lipinski definition) is 3. The van der Waals surface area contributed by atoms with Gasteiger partial charge in [-0.3, -0.25) is 9.69 Å². The molecular formula is C24H30N2O2. The zero-order chi connectivity index (χ0) is 19.7. The standard InChI is InChI=1S/C24H30N2O2/c1-16-4-7-23(10-17(16)2)28-22-8-5-18(6-9-22)15-26(3)21-11-19-13-24(27)25-14-20(19)12-21/h4-10,19-21H,11-15H2,1-3H3,(H,25,27)/t19-,20+,21-/m1/s1. The van der Waals surface area contributed by atoms with Gasteiger partial charge in [-0.15, -0.1) is 0 Å². The first-order valence-electron chi connectivity index (χ1n) is 10.3. The molecule has 0 radical (unpaired) electrons. The zero-order valence-electron chi connectivity index (χ0n) is 17.1. The summed E-state index contributed by atoms with van der Waals surface area (Å²) in [6.45, 7) is 6.00. The van der Waals surface area contributed by atoms with Gasteiger partial charge in [-0.05, 0) is 86.5 Å². The molecular weight excluding hydrogens is 348 g/mol. The van der Waals surface area contributed by atoms with Gasteiger partial charge in [0.05, 0.1) is 0 Å². The molecule has 2 aliphatic rings. The van der Waals surface area contributed by atoms with Gasteiger partial charge >= 0.3 is 0 Å². The second-order valence-electron chi connectivity index (χ2n) is 8.56. The third-order valence-corrected chi connectivity index (χ3v) is 6.52. The SMILES string of the molecule is Cc1ccc(Oc2ccc(CN(C)[C@H]3C[C@H]4CNC(=O)C[C@H]4C3)cc2)cc1C. The van der Waals surface area contributed by atoms with Crippen molar-refractivity contribution >= 4 is 5.91 Å². The molecule has 1 aliphatic carbocycles. The molecule has 28 heavy (non-hydrogen) atoms. The number of rotatable bonds is 5. The first-order valence-corrected chi connectivity index (χ1v) is 10.3. The number of benzene rings is 2. The molecule has 0 bridgehead atoms. The fourth-order valence-electron chi connectivity index (χ4n) is 4.59. The van der Waals surface area contributed by atoms with Crippen molar-refractivity contribution in [2.45, 2.75) is 45.7 Å². The minimum Gasteiger partial charge on any atom is -0.457 e. The van der Waals surface area contributed by atoms with Gasteiger partial charge in [-0.2, -0.15) is 0 Å². The summed E-state index contributed by atoms with van der Waals surface area (Å²) in [5.41, 5.74) is 3.81. The van der Waals surface area contributed by atoms with Crippen LogP contribution < -0.4 is 10.1 Å². The van der Waals surface area contributed by atoms with Crippen LogP contribution >= 0.6 is 0 Å². The molecule has 1 aliphatic heterocycles. The number of carbonyl (C=O) groups is 1. The van der Waals surface area contributed by atoms with Crippen molar-refractivity contribution in [1.29, 1.82) is 0 Å². The molecule has 4 rings (SSSR count). The number of fused-ring (bicyclic) bond motifs is 1. The van der Waals surface area contributed by atoms with Gasteiger partial charge in [0.2, 0.25) is 5.91 Å². The molecule has 0 spiro atoms. The van der Waals surface area contributed by atoms with Crippen LogP contribution in [0.15, 0.2) is 42.5 Å². The number of nitrogens with zero attached hydrogens (tertiary/aromatic N) is 1. The van der Waals surface area contributed by atoms with Crippen LogP contribution in [0.4, 0.5) is 0 Å². The third kappa shape index (κ3) is 4.22. The lowest BCUT2D eigenvalue weighted by Crippen LogP contribution is -2.38. The average molecular weight is 379 g/mol. The quantitative estimate of drug-likeness (QED) is 0.836. The predicted octanol–water partition coefficient (Wildman–Crippen LogP) is 4.44. The summed E-state index contributed by atoms with van der Waals surface area (Å²) in [5.74, 6) is 3.19. The van der Waals surface area contributed by atoms with E-state index in [9.17, 15) is 4.79 Å². The minimum absolute atomic E-state index is 0.226. The van der Waals surface area contributed by atoms with E-state index in [1.54, 1.807) is 0 Å². The van der Waals surface area contributed by atoms with E-state index in [1.165, 1.54) is 23.1 Å². The molecule has 3 atom stereocenters. The summed E-state index contributed by atoms with van der Waals surface area (Å²) in [6, 6.07) is 15.2. The number of nitrogens with one attached hydrogen (secondary N) is 1. The molecule has 4 nitrogen and oxygen atoms in total. The zero-order valence-corrected chi connectivity index (χ0v) is 17.1. The van der Waals surface area contributed by atoms with E-state index in [0.717, 1.165) is 31.0 Å².